The van der Waals surface area contributed by atoms with Crippen LogP contribution >= 0.6 is 0 Å². The van der Waals surface area contributed by atoms with E-state index in [1.54, 1.807) is 0 Å². The summed E-state index contributed by atoms with van der Waals surface area (Å²) in [5.74, 6) is 0. The van der Waals surface area contributed by atoms with Crippen LogP contribution in [0.25, 0.3) is 101 Å². The number of benzene rings is 3. The van der Waals surface area contributed by atoms with Gasteiger partial charge in [-0.1, -0.05) is 109 Å². The van der Waals surface area contributed by atoms with Gasteiger partial charge in [0.2, 0.25) is 0 Å². The molecule has 438 valence electrons. The number of aromatic nitrogens is 12. The number of aliphatic imine (C=N–C) groups is 6. The van der Waals surface area contributed by atoms with Crippen LogP contribution < -0.4 is 29.9 Å². The molecule has 3 aliphatic heterocycles. The Labute approximate surface area is 532 Å². The number of hydrogen-bond acceptors (Lipinski definition) is 12. The van der Waals surface area contributed by atoms with Crippen LogP contribution in [0.1, 0.15) is 72.7 Å². The Morgan fingerprint density at radius 3 is 0.529 bits per heavy atom. The van der Waals surface area contributed by atoms with Crippen LogP contribution in [0.5, 0.6) is 0 Å². The van der Waals surface area contributed by atoms with E-state index in [0.717, 1.165) is 213 Å². The van der Waals surface area contributed by atoms with Crippen molar-refractivity contribution in [3.8, 4) is 68.3 Å². The zero-order valence-electron chi connectivity index (χ0n) is 46.8. The summed E-state index contributed by atoms with van der Waals surface area (Å²) >= 11 is 0. The molecule has 21 heteroatoms. The zero-order chi connectivity index (χ0) is 56.3. The van der Waals surface area contributed by atoms with Gasteiger partial charge in [-0.15, -0.1) is 68.3 Å². The van der Waals surface area contributed by atoms with Crippen LogP contribution in [0.2, 0.25) is 0 Å². The van der Waals surface area contributed by atoms with Crippen LogP contribution in [0.15, 0.2) is 176 Å². The summed E-state index contributed by atoms with van der Waals surface area (Å²) in [6, 6.07) is 47.1. The average Bonchev–Trinajstić information content (AvgIpc) is 3.41. The van der Waals surface area contributed by atoms with Crippen molar-refractivity contribution in [2.24, 2.45) is 30.0 Å². The molecule has 0 radical (unpaired) electrons. The van der Waals surface area contributed by atoms with E-state index in [1.165, 1.54) is 0 Å². The first-order chi connectivity index (χ1) is 41.6. The number of fused-ring (bicyclic) bond motifs is 24. The fourth-order valence-electron chi connectivity index (χ4n) is 9.73. The molecule has 87 heavy (non-hydrogen) atoms. The van der Waals surface area contributed by atoms with E-state index < -0.39 is 0 Å². The van der Waals surface area contributed by atoms with Gasteiger partial charge >= 0.3 is 49.5 Å². The SMILES string of the molecule is C1=NCCCCN=Cc2ccc([n-]2)-c2nc3ccccc3nc2-c2ccc1[n-]2.C1=NCCCCN=Cc2ccc([n-]2)-c2nc3ccccc3nc2-c2ccc1[n-]2.C1=NCCCCN=Cc2ccc([n-]2)-c2nc3ccccc3nc2-c2ccc1[n-]2.[Ni+2].[Ni+2].[Ni+2]. The Balaban J connectivity index is 0.000000142. The third kappa shape index (κ3) is 14.8. The Morgan fingerprint density at radius 2 is 0.368 bits per heavy atom. The van der Waals surface area contributed by atoms with Gasteiger partial charge in [0.1, 0.15) is 0 Å². The van der Waals surface area contributed by atoms with Gasteiger partial charge in [-0.3, -0.25) is 30.0 Å². The van der Waals surface area contributed by atoms with E-state index in [2.05, 4.69) is 30.0 Å². The van der Waals surface area contributed by atoms with Crippen molar-refractivity contribution < 1.29 is 49.5 Å². The maximum absolute atomic E-state index is 4.85. The van der Waals surface area contributed by atoms with E-state index in [4.69, 9.17) is 59.8 Å². The van der Waals surface area contributed by atoms with E-state index in [0.29, 0.717) is 0 Å². The molecule has 0 amide bonds. The third-order valence-electron chi connectivity index (χ3n) is 14.0. The molecule has 0 saturated carbocycles. The summed E-state index contributed by atoms with van der Waals surface area (Å²) < 4.78 is 0. The molecule has 0 aliphatic carbocycles. The molecule has 12 bridgehead atoms. The maximum Gasteiger partial charge on any atom is 2.00 e. The fourth-order valence-corrected chi connectivity index (χ4v) is 9.73. The molecule has 15 rings (SSSR count). The number of para-hydroxylation sites is 6. The summed E-state index contributed by atoms with van der Waals surface area (Å²) in [5, 5.41) is 0. The molecule has 9 aromatic heterocycles. The summed E-state index contributed by atoms with van der Waals surface area (Å²) in [6.07, 6.45) is 17.0. The van der Waals surface area contributed by atoms with Crippen molar-refractivity contribution in [2.75, 3.05) is 39.3 Å². The molecule has 3 aromatic carbocycles. The minimum atomic E-state index is 0. The van der Waals surface area contributed by atoms with E-state index in [1.807, 2.05) is 183 Å². The Kier molecular flexibility index (Phi) is 20.5. The van der Waals surface area contributed by atoms with Gasteiger partial charge in [0.25, 0.3) is 0 Å². The van der Waals surface area contributed by atoms with Crippen LogP contribution in [-0.4, -0.2) is 106 Å². The molecule has 12 heterocycles. The van der Waals surface area contributed by atoms with Gasteiger partial charge < -0.3 is 29.9 Å². The number of rotatable bonds is 0. The quantitative estimate of drug-likeness (QED) is 0.129. The second-order valence-corrected chi connectivity index (χ2v) is 20.1. The Bertz CT molecular complexity index is 3730. The molecular weight excluding hydrogens is 1220 g/mol. The first kappa shape index (κ1) is 61.0. The summed E-state index contributed by atoms with van der Waals surface area (Å²) in [7, 11) is 0. The van der Waals surface area contributed by atoms with Gasteiger partial charge in [0.15, 0.2) is 0 Å². The molecule has 0 N–H and O–H groups in total. The smallest absolute Gasteiger partial charge is 0.655 e. The van der Waals surface area contributed by atoms with E-state index in [9.17, 15) is 0 Å². The maximum atomic E-state index is 4.85. The van der Waals surface area contributed by atoms with Crippen molar-refractivity contribution in [3.05, 3.63) is 180 Å². The van der Waals surface area contributed by atoms with Crippen LogP contribution in [0.4, 0.5) is 0 Å². The van der Waals surface area contributed by atoms with E-state index >= 15 is 0 Å². The average molecular weight is 1280 g/mol. The van der Waals surface area contributed by atoms with E-state index in [-0.39, 0.29) is 49.5 Å². The van der Waals surface area contributed by atoms with Gasteiger partial charge in [-0.05, 0) is 74.9 Å². The molecule has 0 atom stereocenters. The molecule has 0 fully saturated rings. The fraction of sp³-hybridized carbons (Fsp3) is 0.182. The minimum Gasteiger partial charge on any atom is -0.655 e. The van der Waals surface area contributed by atoms with Crippen molar-refractivity contribution in [2.45, 2.75) is 38.5 Å². The zero-order valence-corrected chi connectivity index (χ0v) is 49.8. The molecule has 0 saturated heterocycles. The predicted molar refractivity (Wildman–Crippen MR) is 334 cm³/mol. The standard InChI is InChI=1S/3C22H18N6.3Ni/c3*1-2-6-18-17(5-1)27-21-19-9-7-15(25-19)13-23-11-3-4-12-24-14-16-8-10-20(26-16)22(21)28-18;;;/h3*1-2,5-10,13-14H,3-4,11-12H2;;;/q3*-2;3*+2. The largest absolute Gasteiger partial charge is 2.00 e. The minimum absolute atomic E-state index is 0. The molecule has 0 unspecified atom stereocenters. The molecule has 0 spiro atoms. The van der Waals surface area contributed by atoms with Gasteiger partial charge in [0, 0.05) is 76.6 Å². The first-order valence-electron chi connectivity index (χ1n) is 28.2. The van der Waals surface area contributed by atoms with Crippen molar-refractivity contribution in [1.29, 1.82) is 0 Å². The second-order valence-electron chi connectivity index (χ2n) is 20.1. The van der Waals surface area contributed by atoms with Gasteiger partial charge in [-0.2, -0.15) is 0 Å². The molecule has 3 aliphatic rings. The van der Waals surface area contributed by atoms with Crippen molar-refractivity contribution >= 4 is 70.4 Å². The molecule has 18 nitrogen and oxygen atoms in total. The second kappa shape index (κ2) is 29.3. The number of nitrogens with zero attached hydrogens (tertiary/aromatic N) is 18. The monoisotopic (exact) mass is 1270 g/mol. The van der Waals surface area contributed by atoms with Crippen LogP contribution in [-0.2, 0) is 49.5 Å². The van der Waals surface area contributed by atoms with Crippen molar-refractivity contribution in [3.63, 3.8) is 0 Å². The summed E-state index contributed by atoms with van der Waals surface area (Å²) in [6.45, 7) is 4.65. The topological polar surface area (TPSA) is 236 Å². The Hall–Kier alpha value is -9.14. The van der Waals surface area contributed by atoms with Gasteiger partial charge in [-0.25, -0.2) is 29.9 Å². The summed E-state index contributed by atoms with van der Waals surface area (Å²) in [4.78, 5) is 84.2. The van der Waals surface area contributed by atoms with Crippen LogP contribution in [0, 0.1) is 0 Å². The van der Waals surface area contributed by atoms with Gasteiger partial charge in [0.05, 0.1) is 67.3 Å². The Morgan fingerprint density at radius 1 is 0.207 bits per heavy atom. The molecule has 12 aromatic rings. The first-order valence-corrected chi connectivity index (χ1v) is 28.2. The van der Waals surface area contributed by atoms with Crippen LogP contribution in [0.3, 0.4) is 0 Å². The summed E-state index contributed by atoms with van der Waals surface area (Å²) in [5.41, 5.74) is 19.0. The van der Waals surface area contributed by atoms with Crippen molar-refractivity contribution in [1.82, 2.24) is 59.8 Å². The number of hydrogen-bond donors (Lipinski definition) is 0. The molecular formula is C66H54N18Ni3. The predicted octanol–water partition coefficient (Wildman–Crippen LogP) is 10.5. The normalized spacial score (nSPS) is 13.8. The third-order valence-corrected chi connectivity index (χ3v) is 14.0.